The lowest BCUT2D eigenvalue weighted by Crippen LogP contribution is -2.39. The van der Waals surface area contributed by atoms with Crippen LogP contribution < -0.4 is 5.73 Å². The summed E-state index contributed by atoms with van der Waals surface area (Å²) in [7, 11) is 0. The van der Waals surface area contributed by atoms with Gasteiger partial charge in [0.05, 0.1) is 16.3 Å². The number of likely N-dealkylation sites (tertiary alicyclic amines) is 1. The van der Waals surface area contributed by atoms with Crippen LogP contribution in [0.25, 0.3) is 0 Å². The van der Waals surface area contributed by atoms with Gasteiger partial charge < -0.3 is 10.6 Å². The summed E-state index contributed by atoms with van der Waals surface area (Å²) in [5.74, 6) is 6.61. The van der Waals surface area contributed by atoms with Crippen LogP contribution in [0.5, 0.6) is 0 Å². The van der Waals surface area contributed by atoms with Crippen molar-refractivity contribution >= 4 is 17.2 Å². The molecule has 0 radical (unpaired) electrons. The molecule has 2 rings (SSSR count). The van der Waals surface area contributed by atoms with Crippen LogP contribution >= 0.6 is 11.3 Å². The van der Waals surface area contributed by atoms with Crippen molar-refractivity contribution in [2.45, 2.75) is 26.2 Å². The first kappa shape index (κ1) is 14.1. The Kier molecular flexibility index (Phi) is 5.00. The number of carbonyl (C=O) groups excluding carboxylic acids is 1. The van der Waals surface area contributed by atoms with E-state index in [1.807, 2.05) is 17.0 Å². The summed E-state index contributed by atoms with van der Waals surface area (Å²) in [5.41, 5.74) is 5.35. The molecule has 0 bridgehead atoms. The van der Waals surface area contributed by atoms with E-state index in [4.69, 9.17) is 5.73 Å². The molecular formula is C15H20N2OS. The molecule has 0 spiro atoms. The molecule has 1 aliphatic heterocycles. The molecule has 1 aromatic heterocycles. The molecule has 19 heavy (non-hydrogen) atoms. The molecule has 4 heteroatoms. The molecule has 1 fully saturated rings. The van der Waals surface area contributed by atoms with Crippen LogP contribution in [0.15, 0.2) is 12.1 Å². The third-order valence-electron chi connectivity index (χ3n) is 3.51. The van der Waals surface area contributed by atoms with Gasteiger partial charge in [0.1, 0.15) is 0 Å². The van der Waals surface area contributed by atoms with Crippen LogP contribution in [0.2, 0.25) is 0 Å². The van der Waals surface area contributed by atoms with E-state index >= 15 is 0 Å². The molecule has 0 saturated carbocycles. The normalized spacial score (nSPS) is 18.8. The van der Waals surface area contributed by atoms with Crippen molar-refractivity contribution in [2.24, 2.45) is 11.7 Å². The zero-order valence-electron chi connectivity index (χ0n) is 11.3. The smallest absolute Gasteiger partial charge is 0.263 e. The van der Waals surface area contributed by atoms with Gasteiger partial charge in [0.2, 0.25) is 0 Å². The molecule has 1 aliphatic rings. The maximum atomic E-state index is 12.4. The highest BCUT2D eigenvalue weighted by Crippen LogP contribution is 2.23. The van der Waals surface area contributed by atoms with Gasteiger partial charge in [0.15, 0.2) is 0 Å². The number of piperidine rings is 1. The van der Waals surface area contributed by atoms with Crippen LogP contribution in [-0.2, 0) is 0 Å². The van der Waals surface area contributed by atoms with Crippen molar-refractivity contribution < 1.29 is 4.79 Å². The Morgan fingerprint density at radius 3 is 3.16 bits per heavy atom. The predicted octanol–water partition coefficient (Wildman–Crippen LogP) is 2.32. The number of hydrogen-bond acceptors (Lipinski definition) is 3. The highest BCUT2D eigenvalue weighted by atomic mass is 32.1. The molecule has 0 aromatic carbocycles. The van der Waals surface area contributed by atoms with Gasteiger partial charge in [-0.3, -0.25) is 4.79 Å². The molecule has 1 amide bonds. The number of nitrogens with zero attached hydrogens (tertiary/aromatic N) is 1. The summed E-state index contributed by atoms with van der Waals surface area (Å²) in [5, 5.41) is 0. The third-order valence-corrected chi connectivity index (χ3v) is 4.50. The Hall–Kier alpha value is -1.31. The quantitative estimate of drug-likeness (QED) is 0.843. The van der Waals surface area contributed by atoms with E-state index < -0.39 is 0 Å². The average Bonchev–Trinajstić information content (AvgIpc) is 2.93. The number of amides is 1. The molecule has 1 atom stereocenters. The van der Waals surface area contributed by atoms with Crippen molar-refractivity contribution in [3.8, 4) is 11.8 Å². The minimum Gasteiger partial charge on any atom is -0.338 e. The van der Waals surface area contributed by atoms with Crippen molar-refractivity contribution in [1.29, 1.82) is 0 Å². The molecule has 0 aliphatic carbocycles. The monoisotopic (exact) mass is 276 g/mol. The van der Waals surface area contributed by atoms with Gasteiger partial charge in [0.25, 0.3) is 5.91 Å². The third kappa shape index (κ3) is 3.59. The second-order valence-electron chi connectivity index (χ2n) is 4.84. The zero-order valence-corrected chi connectivity index (χ0v) is 12.1. The van der Waals surface area contributed by atoms with E-state index in [1.54, 1.807) is 0 Å². The second-order valence-corrected chi connectivity index (χ2v) is 5.92. The fourth-order valence-electron chi connectivity index (χ4n) is 2.40. The highest BCUT2D eigenvalue weighted by Gasteiger charge is 2.24. The largest absolute Gasteiger partial charge is 0.338 e. The lowest BCUT2D eigenvalue weighted by molar-refractivity contribution is 0.0676. The summed E-state index contributed by atoms with van der Waals surface area (Å²) >= 11 is 1.46. The maximum absolute atomic E-state index is 12.4. The van der Waals surface area contributed by atoms with E-state index in [0.717, 1.165) is 35.7 Å². The lowest BCUT2D eigenvalue weighted by Gasteiger charge is -2.32. The molecule has 3 nitrogen and oxygen atoms in total. The zero-order chi connectivity index (χ0) is 13.7. The minimum absolute atomic E-state index is 0.156. The van der Waals surface area contributed by atoms with Crippen LogP contribution in [0.4, 0.5) is 0 Å². The Morgan fingerprint density at radius 1 is 1.58 bits per heavy atom. The molecule has 1 saturated heterocycles. The van der Waals surface area contributed by atoms with Gasteiger partial charge in [-0.15, -0.1) is 11.3 Å². The standard InChI is InChI=1S/C15H20N2OS/c1-2-12-5-4-10-17(11-12)15(18)14-8-7-13(19-14)6-3-9-16/h7-8,12H,2,4-5,9-11,16H2,1H3. The second kappa shape index (κ2) is 6.74. The molecule has 2 N–H and O–H groups in total. The number of thiophene rings is 1. The summed E-state index contributed by atoms with van der Waals surface area (Å²) in [6, 6.07) is 3.78. The average molecular weight is 276 g/mol. The van der Waals surface area contributed by atoms with Crippen molar-refractivity contribution in [2.75, 3.05) is 19.6 Å². The van der Waals surface area contributed by atoms with E-state index in [2.05, 4.69) is 18.8 Å². The SMILES string of the molecule is CCC1CCCN(C(=O)c2ccc(C#CCN)s2)C1. The Balaban J connectivity index is 2.04. The highest BCUT2D eigenvalue weighted by molar-refractivity contribution is 7.14. The van der Waals surface area contributed by atoms with E-state index in [9.17, 15) is 4.79 Å². The van der Waals surface area contributed by atoms with Crippen LogP contribution in [0.1, 0.15) is 40.7 Å². The van der Waals surface area contributed by atoms with Crippen molar-refractivity contribution in [3.63, 3.8) is 0 Å². The predicted molar refractivity (Wildman–Crippen MR) is 79.2 cm³/mol. The van der Waals surface area contributed by atoms with Crippen LogP contribution in [-0.4, -0.2) is 30.4 Å². The van der Waals surface area contributed by atoms with Crippen molar-refractivity contribution in [3.05, 3.63) is 21.9 Å². The van der Waals surface area contributed by atoms with E-state index in [0.29, 0.717) is 12.5 Å². The first-order valence-corrected chi connectivity index (χ1v) is 7.64. The minimum atomic E-state index is 0.156. The van der Waals surface area contributed by atoms with Gasteiger partial charge in [-0.25, -0.2) is 0 Å². The van der Waals surface area contributed by atoms with Gasteiger partial charge >= 0.3 is 0 Å². The molecule has 2 heterocycles. The summed E-state index contributed by atoms with van der Waals surface area (Å²) in [4.78, 5) is 16.1. The molecule has 1 aromatic rings. The van der Waals surface area contributed by atoms with Gasteiger partial charge in [-0.05, 0) is 30.9 Å². The first-order valence-electron chi connectivity index (χ1n) is 6.82. The first-order chi connectivity index (χ1) is 9.24. The fraction of sp³-hybridized carbons (Fsp3) is 0.533. The van der Waals surface area contributed by atoms with E-state index in [1.165, 1.54) is 17.8 Å². The van der Waals surface area contributed by atoms with Gasteiger partial charge in [-0.2, -0.15) is 0 Å². The van der Waals surface area contributed by atoms with Crippen LogP contribution in [0.3, 0.4) is 0 Å². The van der Waals surface area contributed by atoms with Crippen molar-refractivity contribution in [1.82, 2.24) is 4.90 Å². The van der Waals surface area contributed by atoms with E-state index in [-0.39, 0.29) is 5.91 Å². The molecular weight excluding hydrogens is 256 g/mol. The Bertz CT molecular complexity index is 498. The topological polar surface area (TPSA) is 46.3 Å². The summed E-state index contributed by atoms with van der Waals surface area (Å²) < 4.78 is 0. The lowest BCUT2D eigenvalue weighted by atomic mass is 9.95. The van der Waals surface area contributed by atoms with Crippen LogP contribution in [0, 0.1) is 17.8 Å². The van der Waals surface area contributed by atoms with Gasteiger partial charge in [-0.1, -0.05) is 25.2 Å². The Morgan fingerprint density at radius 2 is 2.42 bits per heavy atom. The Labute approximate surface area is 118 Å². The summed E-state index contributed by atoms with van der Waals surface area (Å²) in [6.45, 7) is 4.34. The number of rotatable bonds is 2. The number of hydrogen-bond donors (Lipinski definition) is 1. The summed E-state index contributed by atoms with van der Waals surface area (Å²) in [6.07, 6.45) is 3.52. The van der Waals surface area contributed by atoms with Gasteiger partial charge in [0, 0.05) is 13.1 Å². The number of nitrogens with two attached hydrogens (primary N) is 1. The maximum Gasteiger partial charge on any atom is 0.263 e. The number of carbonyl (C=O) groups is 1. The fourth-order valence-corrected chi connectivity index (χ4v) is 3.25. The molecule has 1 unspecified atom stereocenters. The molecule has 102 valence electrons.